The first-order valence-corrected chi connectivity index (χ1v) is 8.66. The van der Waals surface area contributed by atoms with Gasteiger partial charge in [-0.05, 0) is 28.2 Å². The van der Waals surface area contributed by atoms with Gasteiger partial charge in [-0.1, -0.05) is 69.3 Å². The third-order valence-electron chi connectivity index (χ3n) is 4.65. The van der Waals surface area contributed by atoms with Crippen LogP contribution in [0.5, 0.6) is 0 Å². The highest BCUT2D eigenvalue weighted by Gasteiger charge is 2.32. The van der Waals surface area contributed by atoms with E-state index in [-0.39, 0.29) is 5.41 Å². The van der Waals surface area contributed by atoms with E-state index >= 15 is 0 Å². The molecule has 2 aromatic carbocycles. The first kappa shape index (κ1) is 16.2. The largest absolute Gasteiger partial charge is 0.314 e. The molecule has 122 valence electrons. The average Bonchev–Trinajstić information content (AvgIpc) is 2.56. The molecular weight excluding hydrogens is 280 g/mol. The van der Waals surface area contributed by atoms with Crippen molar-refractivity contribution in [2.45, 2.75) is 26.8 Å². The van der Waals surface area contributed by atoms with Gasteiger partial charge in [-0.15, -0.1) is 0 Å². The zero-order valence-electron chi connectivity index (χ0n) is 14.5. The second-order valence-electron chi connectivity index (χ2n) is 7.55. The third kappa shape index (κ3) is 3.82. The highest BCUT2D eigenvalue weighted by atomic mass is 15.2. The molecule has 0 bridgehead atoms. The van der Waals surface area contributed by atoms with E-state index in [0.717, 1.165) is 26.2 Å². The predicted octanol–water partition coefficient (Wildman–Crippen LogP) is 4.35. The summed E-state index contributed by atoms with van der Waals surface area (Å²) >= 11 is 0. The van der Waals surface area contributed by atoms with Crippen molar-refractivity contribution in [3.8, 4) is 11.1 Å². The lowest BCUT2D eigenvalue weighted by Gasteiger charge is -2.42. The van der Waals surface area contributed by atoms with Crippen LogP contribution in [0.4, 0.5) is 0 Å². The van der Waals surface area contributed by atoms with E-state index in [1.807, 2.05) is 0 Å². The quantitative estimate of drug-likeness (QED) is 0.907. The smallest absolute Gasteiger partial charge is 0.0397 e. The Bertz CT molecular complexity index is 622. The van der Waals surface area contributed by atoms with Crippen LogP contribution in [0.25, 0.3) is 11.1 Å². The highest BCUT2D eigenvalue weighted by Crippen LogP contribution is 2.39. The molecule has 0 radical (unpaired) electrons. The Hall–Kier alpha value is -1.64. The molecule has 2 aromatic rings. The fourth-order valence-corrected chi connectivity index (χ4v) is 3.72. The molecular formula is C21H28N2. The first-order chi connectivity index (χ1) is 11.1. The van der Waals surface area contributed by atoms with Crippen LogP contribution in [0, 0.1) is 5.41 Å². The van der Waals surface area contributed by atoms with Gasteiger partial charge in [-0.3, -0.25) is 4.90 Å². The molecule has 3 rings (SSSR count). The monoisotopic (exact) mass is 308 g/mol. The Morgan fingerprint density at radius 3 is 2.17 bits per heavy atom. The summed E-state index contributed by atoms with van der Waals surface area (Å²) in [6, 6.07) is 20.2. The van der Waals surface area contributed by atoms with Crippen molar-refractivity contribution in [3.63, 3.8) is 0 Å². The van der Waals surface area contributed by atoms with Crippen molar-refractivity contribution in [2.75, 3.05) is 26.2 Å². The van der Waals surface area contributed by atoms with Crippen molar-refractivity contribution >= 4 is 0 Å². The molecule has 0 unspecified atom stereocenters. The Labute approximate surface area is 140 Å². The van der Waals surface area contributed by atoms with Crippen LogP contribution in [0.1, 0.15) is 32.4 Å². The molecule has 0 amide bonds. The van der Waals surface area contributed by atoms with Gasteiger partial charge < -0.3 is 5.32 Å². The maximum absolute atomic E-state index is 3.47. The maximum atomic E-state index is 3.47. The molecule has 0 aliphatic carbocycles. The summed E-state index contributed by atoms with van der Waals surface area (Å²) in [6.07, 6.45) is 0. The third-order valence-corrected chi connectivity index (χ3v) is 4.65. The minimum Gasteiger partial charge on any atom is -0.314 e. The predicted molar refractivity (Wildman–Crippen MR) is 98.5 cm³/mol. The van der Waals surface area contributed by atoms with Gasteiger partial charge in [0.15, 0.2) is 0 Å². The molecule has 0 aromatic heterocycles. The SMILES string of the molecule is CC(C)(C)[C@@H](c1cccc(-c2ccccc2)c1)N1CCNCC1. The van der Waals surface area contributed by atoms with E-state index in [1.54, 1.807) is 0 Å². The molecule has 0 spiro atoms. The topological polar surface area (TPSA) is 15.3 Å². The summed E-state index contributed by atoms with van der Waals surface area (Å²) < 4.78 is 0. The fourth-order valence-electron chi connectivity index (χ4n) is 3.72. The lowest BCUT2D eigenvalue weighted by molar-refractivity contribution is 0.0863. The number of benzene rings is 2. The van der Waals surface area contributed by atoms with E-state index in [1.165, 1.54) is 16.7 Å². The number of nitrogens with one attached hydrogen (secondary N) is 1. The Balaban J connectivity index is 1.96. The van der Waals surface area contributed by atoms with Crippen LogP contribution in [-0.2, 0) is 0 Å². The van der Waals surface area contributed by atoms with Crippen molar-refractivity contribution < 1.29 is 0 Å². The molecule has 1 aliphatic heterocycles. The number of hydrogen-bond acceptors (Lipinski definition) is 2. The normalized spacial score (nSPS) is 17.9. The standard InChI is InChI=1S/C21H28N2/c1-21(2,3)20(23-14-12-22-13-15-23)19-11-7-10-18(16-19)17-8-5-4-6-9-17/h4-11,16,20,22H,12-15H2,1-3H3/t20-/m1/s1. The summed E-state index contributed by atoms with van der Waals surface area (Å²) in [5.74, 6) is 0. The van der Waals surface area contributed by atoms with Crippen LogP contribution in [0.2, 0.25) is 0 Å². The minimum atomic E-state index is 0.215. The van der Waals surface area contributed by atoms with Gasteiger partial charge in [0.05, 0.1) is 0 Å². The number of piperazine rings is 1. The van der Waals surface area contributed by atoms with E-state index in [0.29, 0.717) is 6.04 Å². The highest BCUT2D eigenvalue weighted by molar-refractivity contribution is 5.64. The van der Waals surface area contributed by atoms with Gasteiger partial charge in [0.1, 0.15) is 0 Å². The molecule has 1 atom stereocenters. The molecule has 1 saturated heterocycles. The first-order valence-electron chi connectivity index (χ1n) is 8.66. The van der Waals surface area contributed by atoms with E-state index in [9.17, 15) is 0 Å². The van der Waals surface area contributed by atoms with E-state index < -0.39 is 0 Å². The minimum absolute atomic E-state index is 0.215. The Kier molecular flexibility index (Phi) is 4.84. The molecule has 2 heteroatoms. The van der Waals surface area contributed by atoms with Crippen LogP contribution in [-0.4, -0.2) is 31.1 Å². The summed E-state index contributed by atoms with van der Waals surface area (Å²) in [5, 5.41) is 3.47. The summed E-state index contributed by atoms with van der Waals surface area (Å²) in [6.45, 7) is 11.5. The molecule has 23 heavy (non-hydrogen) atoms. The lowest BCUT2D eigenvalue weighted by Crippen LogP contribution is -2.48. The molecule has 2 nitrogen and oxygen atoms in total. The van der Waals surface area contributed by atoms with Crippen LogP contribution in [0.15, 0.2) is 54.6 Å². The van der Waals surface area contributed by atoms with Gasteiger partial charge in [-0.25, -0.2) is 0 Å². The van der Waals surface area contributed by atoms with Crippen molar-refractivity contribution in [2.24, 2.45) is 5.41 Å². The zero-order chi connectivity index (χ0) is 16.3. The summed E-state index contributed by atoms with van der Waals surface area (Å²) in [4.78, 5) is 2.64. The maximum Gasteiger partial charge on any atom is 0.0397 e. The fraction of sp³-hybridized carbons (Fsp3) is 0.429. The van der Waals surface area contributed by atoms with E-state index in [4.69, 9.17) is 0 Å². The van der Waals surface area contributed by atoms with Gasteiger partial charge in [0.2, 0.25) is 0 Å². The number of rotatable bonds is 3. The van der Waals surface area contributed by atoms with Crippen molar-refractivity contribution in [1.82, 2.24) is 10.2 Å². The van der Waals surface area contributed by atoms with Crippen LogP contribution >= 0.6 is 0 Å². The van der Waals surface area contributed by atoms with Crippen molar-refractivity contribution in [3.05, 3.63) is 60.2 Å². The molecule has 1 heterocycles. The van der Waals surface area contributed by atoms with Gasteiger partial charge in [0, 0.05) is 32.2 Å². The molecule has 1 aliphatic rings. The summed E-state index contributed by atoms with van der Waals surface area (Å²) in [7, 11) is 0. The summed E-state index contributed by atoms with van der Waals surface area (Å²) in [5.41, 5.74) is 4.25. The van der Waals surface area contributed by atoms with Gasteiger partial charge in [0.25, 0.3) is 0 Å². The Morgan fingerprint density at radius 1 is 0.870 bits per heavy atom. The Morgan fingerprint density at radius 2 is 1.52 bits per heavy atom. The van der Waals surface area contributed by atoms with Crippen LogP contribution in [0.3, 0.4) is 0 Å². The lowest BCUT2D eigenvalue weighted by atomic mass is 9.80. The van der Waals surface area contributed by atoms with Crippen LogP contribution < -0.4 is 5.32 Å². The zero-order valence-corrected chi connectivity index (χ0v) is 14.5. The number of nitrogens with zero attached hydrogens (tertiary/aromatic N) is 1. The van der Waals surface area contributed by atoms with Crippen molar-refractivity contribution in [1.29, 1.82) is 0 Å². The number of hydrogen-bond donors (Lipinski definition) is 1. The molecule has 1 fully saturated rings. The molecule has 0 saturated carbocycles. The second-order valence-corrected chi connectivity index (χ2v) is 7.55. The molecule has 1 N–H and O–H groups in total. The average molecular weight is 308 g/mol. The van der Waals surface area contributed by atoms with Gasteiger partial charge in [-0.2, -0.15) is 0 Å². The second kappa shape index (κ2) is 6.86. The van der Waals surface area contributed by atoms with Gasteiger partial charge >= 0.3 is 0 Å². The van der Waals surface area contributed by atoms with E-state index in [2.05, 4.69) is 85.6 Å².